The van der Waals surface area contributed by atoms with Crippen LogP contribution in [0.1, 0.15) is 12.8 Å². The van der Waals surface area contributed by atoms with Gasteiger partial charge in [0.15, 0.2) is 0 Å². The third-order valence-corrected chi connectivity index (χ3v) is 4.76. The maximum Gasteiger partial charge on any atom is 0.244 e. The number of aldehydes is 1. The summed E-state index contributed by atoms with van der Waals surface area (Å²) < 4.78 is 38.6. The fourth-order valence-corrected chi connectivity index (χ4v) is 3.50. The number of carbonyl (C=O) groups is 1. The number of carbonyl (C=O) groups excluding carboxylic acids is 1. The Bertz CT molecular complexity index is 547. The quantitative estimate of drug-likeness (QED) is 0.764. The van der Waals surface area contributed by atoms with Gasteiger partial charge in [-0.3, -0.25) is 4.98 Å². The smallest absolute Gasteiger partial charge is 0.244 e. The first-order valence-corrected chi connectivity index (χ1v) is 7.04. The zero-order valence-corrected chi connectivity index (χ0v) is 10.4. The van der Waals surface area contributed by atoms with Crippen molar-refractivity contribution in [2.75, 3.05) is 13.1 Å². The number of sulfonamides is 1. The summed E-state index contributed by atoms with van der Waals surface area (Å²) in [7, 11) is -3.76. The Labute approximate surface area is 105 Å². The first kappa shape index (κ1) is 13.1. The fourth-order valence-electron chi connectivity index (χ4n) is 1.99. The summed E-state index contributed by atoms with van der Waals surface area (Å²) in [5.74, 6) is -0.977. The summed E-state index contributed by atoms with van der Waals surface area (Å²) in [4.78, 5) is 14.1. The molecule has 0 bridgehead atoms. The predicted molar refractivity (Wildman–Crippen MR) is 61.7 cm³/mol. The standard InChI is InChI=1S/C11H13FN2O3S/c12-10-4-11(6-13-5-10)18(16,17)14-3-1-2-9(7-14)8-15/h4-6,8-9H,1-3,7H2. The number of nitrogens with zero attached hydrogens (tertiary/aromatic N) is 2. The molecule has 1 aliphatic rings. The lowest BCUT2D eigenvalue weighted by Gasteiger charge is -2.29. The highest BCUT2D eigenvalue weighted by molar-refractivity contribution is 7.89. The lowest BCUT2D eigenvalue weighted by atomic mass is 10.0. The van der Waals surface area contributed by atoms with E-state index in [2.05, 4.69) is 4.98 Å². The summed E-state index contributed by atoms with van der Waals surface area (Å²) in [6.07, 6.45) is 4.15. The second kappa shape index (κ2) is 5.11. The summed E-state index contributed by atoms with van der Waals surface area (Å²) >= 11 is 0. The Hall–Kier alpha value is -1.34. The maximum atomic E-state index is 13.0. The van der Waals surface area contributed by atoms with Crippen LogP contribution in [0.25, 0.3) is 0 Å². The zero-order valence-electron chi connectivity index (χ0n) is 9.62. The minimum Gasteiger partial charge on any atom is -0.303 e. The Balaban J connectivity index is 2.28. The molecule has 98 valence electrons. The van der Waals surface area contributed by atoms with Gasteiger partial charge in [-0.05, 0) is 18.9 Å². The minimum atomic E-state index is -3.76. The van der Waals surface area contributed by atoms with Gasteiger partial charge in [-0.25, -0.2) is 12.8 Å². The van der Waals surface area contributed by atoms with Crippen LogP contribution in [0.2, 0.25) is 0 Å². The third-order valence-electron chi connectivity index (χ3n) is 2.93. The summed E-state index contributed by atoms with van der Waals surface area (Å²) in [6.45, 7) is 0.505. The molecule has 0 aliphatic carbocycles. The molecule has 0 spiro atoms. The van der Waals surface area contributed by atoms with Crippen LogP contribution >= 0.6 is 0 Å². The SMILES string of the molecule is O=CC1CCCN(S(=O)(=O)c2cncc(F)c2)C1. The Kier molecular flexibility index (Phi) is 3.72. The lowest BCUT2D eigenvalue weighted by Crippen LogP contribution is -2.40. The van der Waals surface area contributed by atoms with E-state index in [4.69, 9.17) is 0 Å². The van der Waals surface area contributed by atoms with Crippen molar-refractivity contribution >= 4 is 16.3 Å². The molecule has 1 saturated heterocycles. The average Bonchev–Trinajstić information content (AvgIpc) is 2.39. The van der Waals surface area contributed by atoms with Gasteiger partial charge in [0.25, 0.3) is 0 Å². The van der Waals surface area contributed by atoms with E-state index in [9.17, 15) is 17.6 Å². The molecule has 1 aromatic rings. The number of pyridine rings is 1. The van der Waals surface area contributed by atoms with Crippen molar-refractivity contribution < 1.29 is 17.6 Å². The third kappa shape index (κ3) is 2.56. The summed E-state index contributed by atoms with van der Waals surface area (Å²) in [6, 6.07) is 0.937. The average molecular weight is 272 g/mol. The molecule has 0 N–H and O–H groups in total. The fraction of sp³-hybridized carbons (Fsp3) is 0.455. The highest BCUT2D eigenvalue weighted by Gasteiger charge is 2.30. The molecule has 1 aliphatic heterocycles. The van der Waals surface area contributed by atoms with E-state index in [-0.39, 0.29) is 17.4 Å². The van der Waals surface area contributed by atoms with Crippen molar-refractivity contribution in [3.63, 3.8) is 0 Å². The van der Waals surface area contributed by atoms with Crippen LogP contribution in [0.4, 0.5) is 4.39 Å². The Morgan fingerprint density at radius 1 is 1.44 bits per heavy atom. The summed E-state index contributed by atoms with van der Waals surface area (Å²) in [5.41, 5.74) is 0. The van der Waals surface area contributed by atoms with Crippen LogP contribution in [0.5, 0.6) is 0 Å². The monoisotopic (exact) mass is 272 g/mol. The predicted octanol–water partition coefficient (Wildman–Crippen LogP) is 0.820. The molecule has 7 heteroatoms. The first-order chi connectivity index (χ1) is 8.54. The molecule has 5 nitrogen and oxygen atoms in total. The van der Waals surface area contributed by atoms with E-state index in [1.807, 2.05) is 0 Å². The topological polar surface area (TPSA) is 67.3 Å². The van der Waals surface area contributed by atoms with Gasteiger partial charge in [0.1, 0.15) is 17.0 Å². The molecule has 1 aromatic heterocycles. The highest BCUT2D eigenvalue weighted by atomic mass is 32.2. The Morgan fingerprint density at radius 3 is 2.89 bits per heavy atom. The van der Waals surface area contributed by atoms with E-state index in [0.29, 0.717) is 19.4 Å². The molecule has 0 radical (unpaired) electrons. The van der Waals surface area contributed by atoms with Gasteiger partial charge in [-0.15, -0.1) is 0 Å². The molecule has 1 atom stereocenters. The number of hydrogen-bond donors (Lipinski definition) is 0. The molecule has 0 amide bonds. The van der Waals surface area contributed by atoms with Crippen molar-refractivity contribution in [2.45, 2.75) is 17.7 Å². The van der Waals surface area contributed by atoms with Gasteiger partial charge >= 0.3 is 0 Å². The highest BCUT2D eigenvalue weighted by Crippen LogP contribution is 2.22. The number of hydrogen-bond acceptors (Lipinski definition) is 4. The van der Waals surface area contributed by atoms with E-state index in [1.54, 1.807) is 0 Å². The first-order valence-electron chi connectivity index (χ1n) is 5.60. The van der Waals surface area contributed by atoms with E-state index >= 15 is 0 Å². The molecule has 1 unspecified atom stereocenters. The second-order valence-corrected chi connectivity index (χ2v) is 6.18. The van der Waals surface area contributed by atoms with Gasteiger partial charge in [0.2, 0.25) is 10.0 Å². The lowest BCUT2D eigenvalue weighted by molar-refractivity contribution is -0.112. The van der Waals surface area contributed by atoms with E-state index in [0.717, 1.165) is 24.7 Å². The maximum absolute atomic E-state index is 13.0. The number of piperidine rings is 1. The molecule has 0 saturated carbocycles. The van der Waals surface area contributed by atoms with Crippen molar-refractivity contribution in [1.29, 1.82) is 0 Å². The molecule has 2 rings (SSSR count). The molecule has 0 aromatic carbocycles. The second-order valence-electron chi connectivity index (χ2n) is 4.24. The van der Waals surface area contributed by atoms with Crippen LogP contribution in [0, 0.1) is 11.7 Å². The van der Waals surface area contributed by atoms with Crippen molar-refractivity contribution in [1.82, 2.24) is 9.29 Å². The van der Waals surface area contributed by atoms with Gasteiger partial charge in [0.05, 0.1) is 6.20 Å². The number of aromatic nitrogens is 1. The van der Waals surface area contributed by atoms with Gasteiger partial charge < -0.3 is 4.79 Å². The van der Waals surface area contributed by atoms with Gasteiger partial charge in [0, 0.05) is 25.2 Å². The normalized spacial score (nSPS) is 21.7. The number of rotatable bonds is 3. The van der Waals surface area contributed by atoms with Crippen LogP contribution in [0.15, 0.2) is 23.4 Å². The van der Waals surface area contributed by atoms with E-state index in [1.165, 1.54) is 4.31 Å². The van der Waals surface area contributed by atoms with Crippen molar-refractivity contribution in [3.8, 4) is 0 Å². The molecular formula is C11H13FN2O3S. The van der Waals surface area contributed by atoms with Crippen LogP contribution in [-0.2, 0) is 14.8 Å². The van der Waals surface area contributed by atoms with Gasteiger partial charge in [-0.2, -0.15) is 4.31 Å². The van der Waals surface area contributed by atoms with Crippen LogP contribution in [-0.4, -0.2) is 37.1 Å². The largest absolute Gasteiger partial charge is 0.303 e. The number of halogens is 1. The molecule has 1 fully saturated rings. The summed E-state index contributed by atoms with van der Waals surface area (Å²) in [5, 5.41) is 0. The van der Waals surface area contributed by atoms with Crippen molar-refractivity contribution in [3.05, 3.63) is 24.3 Å². The molecule has 2 heterocycles. The van der Waals surface area contributed by atoms with E-state index < -0.39 is 15.8 Å². The van der Waals surface area contributed by atoms with Crippen molar-refractivity contribution in [2.24, 2.45) is 5.92 Å². The van der Waals surface area contributed by atoms with Gasteiger partial charge in [-0.1, -0.05) is 0 Å². The minimum absolute atomic E-state index is 0.155. The van der Waals surface area contributed by atoms with Crippen LogP contribution in [0.3, 0.4) is 0 Å². The molecular weight excluding hydrogens is 259 g/mol. The molecule has 18 heavy (non-hydrogen) atoms. The zero-order chi connectivity index (χ0) is 13.2. The Morgan fingerprint density at radius 2 is 2.22 bits per heavy atom. The van der Waals surface area contributed by atoms with Crippen LogP contribution < -0.4 is 0 Å².